The first-order chi connectivity index (χ1) is 8.83. The molecule has 1 aliphatic rings. The van der Waals surface area contributed by atoms with E-state index in [9.17, 15) is 13.2 Å². The van der Waals surface area contributed by atoms with Crippen LogP contribution in [0.5, 0.6) is 0 Å². The fourth-order valence-corrected chi connectivity index (χ4v) is 2.74. The fourth-order valence-electron chi connectivity index (χ4n) is 2.74. The normalized spacial score (nSPS) is 19.3. The molecule has 0 heterocycles. The Kier molecular flexibility index (Phi) is 6.60. The van der Waals surface area contributed by atoms with Crippen LogP contribution in [0.4, 0.5) is 13.2 Å². The van der Waals surface area contributed by atoms with Crippen LogP contribution in [0.1, 0.15) is 46.0 Å². The largest absolute Gasteiger partial charge is 0.411 e. The standard InChI is InChI=1S/C14H26F3NO/c1-12(2)9-18-10-13(5-3-4-6-13)7-8-19-11-14(15,16)17/h12,18H,3-11H2,1-2H3. The first-order valence-corrected chi connectivity index (χ1v) is 7.18. The molecule has 114 valence electrons. The van der Waals surface area contributed by atoms with Gasteiger partial charge in [0.25, 0.3) is 0 Å². The van der Waals surface area contributed by atoms with Crippen molar-refractivity contribution in [1.29, 1.82) is 0 Å². The molecule has 19 heavy (non-hydrogen) atoms. The van der Waals surface area contributed by atoms with Gasteiger partial charge in [0, 0.05) is 13.2 Å². The van der Waals surface area contributed by atoms with Crippen molar-refractivity contribution >= 4 is 0 Å². The fraction of sp³-hybridized carbons (Fsp3) is 1.00. The molecule has 0 aromatic heterocycles. The summed E-state index contributed by atoms with van der Waals surface area (Å²) in [6.07, 6.45) is 1.10. The summed E-state index contributed by atoms with van der Waals surface area (Å²) in [5.74, 6) is 0.597. The predicted octanol–water partition coefficient (Wildman–Crippen LogP) is 3.76. The molecular formula is C14H26F3NO. The molecule has 0 aromatic rings. The summed E-state index contributed by atoms with van der Waals surface area (Å²) in [5, 5.41) is 3.45. The van der Waals surface area contributed by atoms with Gasteiger partial charge in [-0.15, -0.1) is 0 Å². The molecule has 0 aromatic carbocycles. The molecule has 2 nitrogen and oxygen atoms in total. The molecule has 0 amide bonds. The molecule has 1 N–H and O–H groups in total. The maximum atomic E-state index is 12.0. The topological polar surface area (TPSA) is 21.3 Å². The zero-order valence-corrected chi connectivity index (χ0v) is 12.0. The zero-order valence-electron chi connectivity index (χ0n) is 12.0. The van der Waals surface area contributed by atoms with Crippen molar-refractivity contribution in [2.75, 3.05) is 26.3 Å². The Balaban J connectivity index is 2.27. The Morgan fingerprint density at radius 2 is 1.84 bits per heavy atom. The van der Waals surface area contributed by atoms with E-state index in [2.05, 4.69) is 19.2 Å². The third kappa shape index (κ3) is 7.16. The van der Waals surface area contributed by atoms with Crippen molar-refractivity contribution in [2.45, 2.75) is 52.1 Å². The summed E-state index contributed by atoms with van der Waals surface area (Å²) in [6.45, 7) is 5.26. The second-order valence-corrected chi connectivity index (χ2v) is 6.15. The minimum atomic E-state index is -4.21. The lowest BCUT2D eigenvalue weighted by molar-refractivity contribution is -0.175. The average molecular weight is 281 g/mol. The minimum absolute atomic E-state index is 0.153. The number of hydrogen-bond acceptors (Lipinski definition) is 2. The number of ether oxygens (including phenoxy) is 1. The molecular weight excluding hydrogens is 255 g/mol. The smallest absolute Gasteiger partial charge is 0.372 e. The SMILES string of the molecule is CC(C)CNCC1(CCOCC(F)(F)F)CCCC1. The molecule has 0 atom stereocenters. The van der Waals surface area contributed by atoms with E-state index in [1.54, 1.807) is 0 Å². The van der Waals surface area contributed by atoms with Gasteiger partial charge in [0.2, 0.25) is 0 Å². The monoisotopic (exact) mass is 281 g/mol. The van der Waals surface area contributed by atoms with Crippen molar-refractivity contribution in [3.05, 3.63) is 0 Å². The van der Waals surface area contributed by atoms with E-state index in [1.807, 2.05) is 0 Å². The quantitative estimate of drug-likeness (QED) is 0.684. The van der Waals surface area contributed by atoms with E-state index in [1.165, 1.54) is 12.8 Å². The summed E-state index contributed by atoms with van der Waals surface area (Å²) in [5.41, 5.74) is 0.153. The Labute approximate surface area is 114 Å². The highest BCUT2D eigenvalue weighted by Crippen LogP contribution is 2.40. The van der Waals surface area contributed by atoms with Gasteiger partial charge in [0.15, 0.2) is 0 Å². The Hall–Kier alpha value is -0.290. The Bertz CT molecular complexity index is 248. The van der Waals surface area contributed by atoms with Crippen molar-refractivity contribution in [1.82, 2.24) is 5.32 Å². The Morgan fingerprint density at radius 3 is 2.37 bits per heavy atom. The molecule has 1 aliphatic carbocycles. The highest BCUT2D eigenvalue weighted by atomic mass is 19.4. The van der Waals surface area contributed by atoms with Crippen LogP contribution in [0.2, 0.25) is 0 Å². The zero-order chi connectivity index (χ0) is 14.4. The number of nitrogens with one attached hydrogen (secondary N) is 1. The third-order valence-corrected chi connectivity index (χ3v) is 3.76. The van der Waals surface area contributed by atoms with Gasteiger partial charge in [-0.2, -0.15) is 13.2 Å². The van der Waals surface area contributed by atoms with Crippen LogP contribution >= 0.6 is 0 Å². The first kappa shape index (κ1) is 16.8. The predicted molar refractivity (Wildman–Crippen MR) is 70.1 cm³/mol. The molecule has 0 spiro atoms. The number of alkyl halides is 3. The van der Waals surface area contributed by atoms with Crippen molar-refractivity contribution in [3.8, 4) is 0 Å². The third-order valence-electron chi connectivity index (χ3n) is 3.76. The lowest BCUT2D eigenvalue weighted by Gasteiger charge is -2.30. The van der Waals surface area contributed by atoms with Gasteiger partial charge in [-0.3, -0.25) is 0 Å². The lowest BCUT2D eigenvalue weighted by atomic mass is 9.83. The van der Waals surface area contributed by atoms with Gasteiger partial charge in [-0.05, 0) is 37.1 Å². The van der Waals surface area contributed by atoms with Crippen LogP contribution < -0.4 is 5.32 Å². The molecule has 0 saturated heterocycles. The van der Waals surface area contributed by atoms with Gasteiger partial charge in [0.05, 0.1) is 0 Å². The molecule has 0 bridgehead atoms. The van der Waals surface area contributed by atoms with Crippen molar-refractivity contribution < 1.29 is 17.9 Å². The summed E-state index contributed by atoms with van der Waals surface area (Å²) < 4.78 is 40.8. The summed E-state index contributed by atoms with van der Waals surface area (Å²) in [6, 6.07) is 0. The first-order valence-electron chi connectivity index (χ1n) is 7.18. The van der Waals surface area contributed by atoms with E-state index >= 15 is 0 Å². The molecule has 1 fully saturated rings. The van der Waals surface area contributed by atoms with Gasteiger partial charge in [-0.1, -0.05) is 26.7 Å². The van der Waals surface area contributed by atoms with Gasteiger partial charge >= 0.3 is 6.18 Å². The lowest BCUT2D eigenvalue weighted by Crippen LogP contribution is -2.35. The van der Waals surface area contributed by atoms with Gasteiger partial charge in [-0.25, -0.2) is 0 Å². The average Bonchev–Trinajstić information content (AvgIpc) is 2.72. The van der Waals surface area contributed by atoms with Crippen LogP contribution in [0.15, 0.2) is 0 Å². The Morgan fingerprint density at radius 1 is 1.21 bits per heavy atom. The van der Waals surface area contributed by atoms with Crippen LogP contribution in [0, 0.1) is 11.3 Å². The number of rotatable bonds is 8. The summed E-state index contributed by atoms with van der Waals surface area (Å²) in [7, 11) is 0. The van der Waals surface area contributed by atoms with E-state index < -0.39 is 12.8 Å². The molecule has 1 rings (SSSR count). The van der Waals surface area contributed by atoms with E-state index in [-0.39, 0.29) is 12.0 Å². The molecule has 0 radical (unpaired) electrons. The second kappa shape index (κ2) is 7.48. The van der Waals surface area contributed by atoms with Gasteiger partial charge in [0.1, 0.15) is 6.61 Å². The van der Waals surface area contributed by atoms with Gasteiger partial charge < -0.3 is 10.1 Å². The second-order valence-electron chi connectivity index (χ2n) is 6.15. The highest BCUT2D eigenvalue weighted by molar-refractivity contribution is 4.86. The molecule has 0 aliphatic heterocycles. The van der Waals surface area contributed by atoms with E-state index in [4.69, 9.17) is 4.74 Å². The maximum Gasteiger partial charge on any atom is 0.411 e. The summed E-state index contributed by atoms with van der Waals surface area (Å²) in [4.78, 5) is 0. The van der Waals surface area contributed by atoms with Crippen molar-refractivity contribution in [2.24, 2.45) is 11.3 Å². The maximum absolute atomic E-state index is 12.0. The molecule has 5 heteroatoms. The minimum Gasteiger partial charge on any atom is -0.372 e. The number of hydrogen-bond donors (Lipinski definition) is 1. The van der Waals surface area contributed by atoms with Crippen LogP contribution in [-0.4, -0.2) is 32.5 Å². The molecule has 0 unspecified atom stereocenters. The number of halogens is 3. The van der Waals surface area contributed by atoms with E-state index in [0.717, 1.165) is 32.4 Å². The highest BCUT2D eigenvalue weighted by Gasteiger charge is 2.34. The molecule has 1 saturated carbocycles. The van der Waals surface area contributed by atoms with E-state index in [0.29, 0.717) is 5.92 Å². The van der Waals surface area contributed by atoms with Crippen LogP contribution in [0.3, 0.4) is 0 Å². The van der Waals surface area contributed by atoms with Crippen molar-refractivity contribution in [3.63, 3.8) is 0 Å². The summed E-state index contributed by atoms with van der Waals surface area (Å²) >= 11 is 0. The van der Waals surface area contributed by atoms with Crippen LogP contribution in [-0.2, 0) is 4.74 Å². The van der Waals surface area contributed by atoms with Crippen LogP contribution in [0.25, 0.3) is 0 Å².